The number of aryl methyl sites for hydroxylation is 3. The van der Waals surface area contributed by atoms with Gasteiger partial charge in [-0.05, 0) is 50.3 Å². The molecular formula is C20H27N. The van der Waals surface area contributed by atoms with Crippen molar-refractivity contribution in [2.24, 2.45) is 0 Å². The average Bonchev–Trinajstić information content (AvgIpc) is 2.47. The highest BCUT2D eigenvalue weighted by atomic mass is 14.8. The van der Waals surface area contributed by atoms with Crippen molar-refractivity contribution in [3.05, 3.63) is 70.8 Å². The van der Waals surface area contributed by atoms with Crippen LogP contribution in [0.25, 0.3) is 0 Å². The molecule has 112 valence electrons. The third kappa shape index (κ3) is 5.02. The summed E-state index contributed by atoms with van der Waals surface area (Å²) < 4.78 is 0. The van der Waals surface area contributed by atoms with Gasteiger partial charge in [-0.2, -0.15) is 0 Å². The van der Waals surface area contributed by atoms with Gasteiger partial charge in [0.1, 0.15) is 0 Å². The first-order valence-electron chi connectivity index (χ1n) is 8.02. The van der Waals surface area contributed by atoms with Crippen LogP contribution >= 0.6 is 0 Å². The van der Waals surface area contributed by atoms with Crippen LogP contribution in [0.5, 0.6) is 0 Å². The van der Waals surface area contributed by atoms with Crippen molar-refractivity contribution in [2.75, 3.05) is 13.1 Å². The van der Waals surface area contributed by atoms with E-state index in [2.05, 4.69) is 74.6 Å². The van der Waals surface area contributed by atoms with Gasteiger partial charge in [0.2, 0.25) is 0 Å². The van der Waals surface area contributed by atoms with Gasteiger partial charge < -0.3 is 5.32 Å². The number of likely N-dealkylation sites (N-methyl/N-ethyl adjacent to an activating group) is 1. The second-order valence-corrected chi connectivity index (χ2v) is 5.95. The standard InChI is InChI=1S/C20H27N/c1-4-21-15-20(19-8-6-5-7-9-19)11-10-18-13-16(2)12-17(3)14-18/h5-9,12-14,20-21H,4,10-11,15H2,1-3H3. The summed E-state index contributed by atoms with van der Waals surface area (Å²) >= 11 is 0. The molecule has 0 heterocycles. The first-order valence-corrected chi connectivity index (χ1v) is 8.02. The van der Waals surface area contributed by atoms with Crippen molar-refractivity contribution in [3.63, 3.8) is 0 Å². The number of rotatable bonds is 7. The van der Waals surface area contributed by atoms with E-state index in [4.69, 9.17) is 0 Å². The summed E-state index contributed by atoms with van der Waals surface area (Å²) in [6.07, 6.45) is 2.34. The van der Waals surface area contributed by atoms with Crippen LogP contribution in [0.1, 0.15) is 41.5 Å². The average molecular weight is 281 g/mol. The van der Waals surface area contributed by atoms with Crippen molar-refractivity contribution in [1.82, 2.24) is 5.32 Å². The third-order valence-electron chi connectivity index (χ3n) is 3.97. The third-order valence-corrected chi connectivity index (χ3v) is 3.97. The quantitative estimate of drug-likeness (QED) is 0.780. The lowest BCUT2D eigenvalue weighted by atomic mass is 9.91. The molecule has 0 radical (unpaired) electrons. The molecule has 21 heavy (non-hydrogen) atoms. The Morgan fingerprint density at radius 1 is 0.952 bits per heavy atom. The largest absolute Gasteiger partial charge is 0.316 e. The SMILES string of the molecule is CCNCC(CCc1cc(C)cc(C)c1)c1ccccc1. The van der Waals surface area contributed by atoms with Crippen molar-refractivity contribution < 1.29 is 0 Å². The monoisotopic (exact) mass is 281 g/mol. The highest BCUT2D eigenvalue weighted by Gasteiger charge is 2.11. The van der Waals surface area contributed by atoms with Crippen LogP contribution in [0.4, 0.5) is 0 Å². The lowest BCUT2D eigenvalue weighted by molar-refractivity contribution is 0.561. The van der Waals surface area contributed by atoms with E-state index in [-0.39, 0.29) is 0 Å². The molecule has 1 atom stereocenters. The van der Waals surface area contributed by atoms with E-state index in [1.165, 1.54) is 28.7 Å². The predicted octanol–water partition coefficient (Wildman–Crippen LogP) is 4.63. The maximum absolute atomic E-state index is 3.51. The van der Waals surface area contributed by atoms with Crippen LogP contribution in [-0.2, 0) is 6.42 Å². The zero-order chi connectivity index (χ0) is 15.1. The minimum absolute atomic E-state index is 0.590. The van der Waals surface area contributed by atoms with Crippen LogP contribution in [0, 0.1) is 13.8 Å². The van der Waals surface area contributed by atoms with E-state index >= 15 is 0 Å². The molecule has 0 amide bonds. The lowest BCUT2D eigenvalue weighted by Gasteiger charge is -2.18. The van der Waals surface area contributed by atoms with Crippen LogP contribution in [0.3, 0.4) is 0 Å². The molecule has 1 nitrogen and oxygen atoms in total. The Morgan fingerprint density at radius 3 is 2.24 bits per heavy atom. The second kappa shape index (κ2) is 7.99. The van der Waals surface area contributed by atoms with E-state index in [0.717, 1.165) is 19.5 Å². The Hall–Kier alpha value is -1.60. The van der Waals surface area contributed by atoms with E-state index in [9.17, 15) is 0 Å². The molecule has 0 saturated carbocycles. The fourth-order valence-corrected chi connectivity index (χ4v) is 2.98. The van der Waals surface area contributed by atoms with Gasteiger partial charge in [-0.15, -0.1) is 0 Å². The molecule has 0 bridgehead atoms. The maximum atomic E-state index is 3.51. The van der Waals surface area contributed by atoms with E-state index in [1.807, 2.05) is 0 Å². The van der Waals surface area contributed by atoms with E-state index < -0.39 is 0 Å². The molecule has 0 saturated heterocycles. The van der Waals surface area contributed by atoms with Crippen molar-refractivity contribution in [3.8, 4) is 0 Å². The van der Waals surface area contributed by atoms with E-state index in [1.54, 1.807) is 0 Å². The van der Waals surface area contributed by atoms with Gasteiger partial charge in [0.15, 0.2) is 0 Å². The van der Waals surface area contributed by atoms with Gasteiger partial charge in [-0.1, -0.05) is 66.6 Å². The topological polar surface area (TPSA) is 12.0 Å². The minimum Gasteiger partial charge on any atom is -0.316 e. The molecule has 1 unspecified atom stereocenters. The molecule has 2 aromatic rings. The molecular weight excluding hydrogens is 254 g/mol. The van der Waals surface area contributed by atoms with Crippen molar-refractivity contribution in [1.29, 1.82) is 0 Å². The molecule has 0 aromatic heterocycles. The van der Waals surface area contributed by atoms with Gasteiger partial charge in [-0.25, -0.2) is 0 Å². The summed E-state index contributed by atoms with van der Waals surface area (Å²) in [4.78, 5) is 0. The van der Waals surface area contributed by atoms with Crippen LogP contribution in [0.2, 0.25) is 0 Å². The van der Waals surface area contributed by atoms with Crippen LogP contribution in [0.15, 0.2) is 48.5 Å². The Kier molecular flexibility index (Phi) is 6.01. The zero-order valence-corrected chi connectivity index (χ0v) is 13.5. The van der Waals surface area contributed by atoms with E-state index in [0.29, 0.717) is 5.92 Å². The molecule has 1 heteroatoms. The first-order chi connectivity index (χ1) is 10.2. The van der Waals surface area contributed by atoms with Gasteiger partial charge in [0.05, 0.1) is 0 Å². The Bertz CT molecular complexity index is 525. The predicted molar refractivity (Wildman–Crippen MR) is 92.0 cm³/mol. The molecule has 0 aliphatic heterocycles. The molecule has 0 aliphatic carbocycles. The van der Waals surface area contributed by atoms with Gasteiger partial charge >= 0.3 is 0 Å². The first kappa shape index (κ1) is 15.8. The highest BCUT2D eigenvalue weighted by Crippen LogP contribution is 2.22. The molecule has 0 fully saturated rings. The number of hydrogen-bond acceptors (Lipinski definition) is 1. The van der Waals surface area contributed by atoms with Crippen LogP contribution in [-0.4, -0.2) is 13.1 Å². The molecule has 2 rings (SSSR count). The molecule has 0 aliphatic rings. The zero-order valence-electron chi connectivity index (χ0n) is 13.5. The summed E-state index contributed by atoms with van der Waals surface area (Å²) in [7, 11) is 0. The summed E-state index contributed by atoms with van der Waals surface area (Å²) in [5.74, 6) is 0.590. The normalized spacial score (nSPS) is 12.3. The highest BCUT2D eigenvalue weighted by molar-refractivity contribution is 5.29. The number of hydrogen-bond donors (Lipinski definition) is 1. The fourth-order valence-electron chi connectivity index (χ4n) is 2.98. The lowest BCUT2D eigenvalue weighted by Crippen LogP contribution is -2.21. The summed E-state index contributed by atoms with van der Waals surface area (Å²) in [6.45, 7) is 8.64. The molecule has 0 spiro atoms. The fraction of sp³-hybridized carbons (Fsp3) is 0.400. The Morgan fingerprint density at radius 2 is 1.62 bits per heavy atom. The van der Waals surface area contributed by atoms with Crippen molar-refractivity contribution in [2.45, 2.75) is 39.5 Å². The van der Waals surface area contributed by atoms with Gasteiger partial charge in [-0.3, -0.25) is 0 Å². The van der Waals surface area contributed by atoms with Crippen LogP contribution < -0.4 is 5.32 Å². The Labute approximate surface area is 129 Å². The molecule has 1 N–H and O–H groups in total. The number of benzene rings is 2. The Balaban J connectivity index is 2.05. The summed E-state index contributed by atoms with van der Waals surface area (Å²) in [5.41, 5.74) is 5.65. The minimum atomic E-state index is 0.590. The van der Waals surface area contributed by atoms with Crippen molar-refractivity contribution >= 4 is 0 Å². The van der Waals surface area contributed by atoms with Gasteiger partial charge in [0, 0.05) is 6.54 Å². The van der Waals surface area contributed by atoms with Gasteiger partial charge in [0.25, 0.3) is 0 Å². The second-order valence-electron chi connectivity index (χ2n) is 5.95. The molecule has 2 aromatic carbocycles. The smallest absolute Gasteiger partial charge is 0.00201 e. The maximum Gasteiger partial charge on any atom is 0.00201 e. The number of nitrogens with one attached hydrogen (secondary N) is 1. The summed E-state index contributed by atoms with van der Waals surface area (Å²) in [5, 5.41) is 3.51. The summed E-state index contributed by atoms with van der Waals surface area (Å²) in [6, 6.07) is 17.8.